The fourth-order valence-corrected chi connectivity index (χ4v) is 12.7. The summed E-state index contributed by atoms with van der Waals surface area (Å²) >= 11 is 0. The largest absolute Gasteiger partial charge is 0.323 e. The maximum absolute atomic E-state index is 14.4. The van der Waals surface area contributed by atoms with Crippen molar-refractivity contribution >= 4 is 41.2 Å². The van der Waals surface area contributed by atoms with Gasteiger partial charge in [0.05, 0.1) is 0 Å². The first-order valence-corrected chi connectivity index (χ1v) is 24.4. The van der Waals surface area contributed by atoms with Crippen molar-refractivity contribution < 1.29 is 4.79 Å². The summed E-state index contributed by atoms with van der Waals surface area (Å²) in [4.78, 5) is 14.4. The number of benzene rings is 6. The van der Waals surface area contributed by atoms with Gasteiger partial charge in [-0.2, -0.15) is 0 Å². The molecular formula is C67H48N2O. The van der Waals surface area contributed by atoms with Gasteiger partial charge in [-0.25, -0.2) is 0 Å². The van der Waals surface area contributed by atoms with Crippen molar-refractivity contribution in [2.75, 3.05) is 0 Å². The summed E-state index contributed by atoms with van der Waals surface area (Å²) in [7, 11) is 0. The SMILES string of the molecule is CC1(C)C2=c3ccccc3=CC2=Cc2cc3ccn(-c4cccc(-c5cccc(C(=O)c6cccc(-c7cccc(-n8ccc9cc%10c(c-9c8)C(C)(C)C8=c9ccccc9=CC8=C%10)c7)c6)c5)c4)cc-3c21. The van der Waals surface area contributed by atoms with Crippen LogP contribution in [0, 0.1) is 0 Å². The van der Waals surface area contributed by atoms with Crippen LogP contribution < -0.4 is 20.9 Å². The first-order valence-electron chi connectivity index (χ1n) is 24.4. The molecule has 0 unspecified atom stereocenters. The first-order chi connectivity index (χ1) is 34.1. The number of fused-ring (bicyclic) bond motifs is 10. The molecule has 0 amide bonds. The molecule has 14 rings (SSSR count). The van der Waals surface area contributed by atoms with E-state index in [1.54, 1.807) is 0 Å². The Labute approximate surface area is 407 Å². The van der Waals surface area contributed by atoms with Gasteiger partial charge in [0.2, 0.25) is 0 Å². The number of rotatable bonds is 6. The summed E-state index contributed by atoms with van der Waals surface area (Å²) in [6.07, 6.45) is 18.4. The van der Waals surface area contributed by atoms with Gasteiger partial charge in [0, 0.05) is 69.2 Å². The molecule has 0 N–H and O–H groups in total. The van der Waals surface area contributed by atoms with Crippen molar-refractivity contribution in [1.29, 1.82) is 0 Å². The number of nitrogens with zero attached hydrogens (tertiary/aromatic N) is 2. The zero-order valence-corrected chi connectivity index (χ0v) is 39.6. The molecule has 0 saturated carbocycles. The molecule has 2 aliphatic heterocycles. The number of carbonyl (C=O) groups excluding carboxylic acids is 1. The van der Waals surface area contributed by atoms with Gasteiger partial charge < -0.3 is 9.13 Å². The number of allylic oxidation sites excluding steroid dienone is 2. The lowest BCUT2D eigenvalue weighted by Gasteiger charge is -2.33. The summed E-state index contributed by atoms with van der Waals surface area (Å²) in [5.74, 6) is -0.00187. The van der Waals surface area contributed by atoms with Crippen molar-refractivity contribution in [1.82, 2.24) is 9.13 Å². The quantitative estimate of drug-likeness (QED) is 0.153. The highest BCUT2D eigenvalue weighted by molar-refractivity contribution is 6.10. The van der Waals surface area contributed by atoms with Crippen LogP contribution in [0.1, 0.15) is 65.9 Å². The first kappa shape index (κ1) is 40.5. The molecule has 0 radical (unpaired) electrons. The van der Waals surface area contributed by atoms with E-state index in [0.29, 0.717) is 11.1 Å². The van der Waals surface area contributed by atoms with Crippen LogP contribution in [0.5, 0.6) is 0 Å². The summed E-state index contributed by atoms with van der Waals surface area (Å²) in [6.45, 7) is 9.50. The summed E-state index contributed by atoms with van der Waals surface area (Å²) in [6, 6.07) is 60.1. The van der Waals surface area contributed by atoms with Gasteiger partial charge in [0.1, 0.15) is 0 Å². The fourth-order valence-electron chi connectivity index (χ4n) is 12.7. The molecule has 3 heteroatoms. The molecule has 0 aromatic heterocycles. The molecule has 6 aromatic rings. The average molecular weight is 897 g/mol. The number of hydrogen-bond donors (Lipinski definition) is 0. The molecule has 6 aromatic carbocycles. The molecule has 0 atom stereocenters. The predicted molar refractivity (Wildman–Crippen MR) is 288 cm³/mol. The second-order valence-electron chi connectivity index (χ2n) is 20.6. The van der Waals surface area contributed by atoms with Crippen molar-refractivity contribution in [2.45, 2.75) is 38.5 Å². The van der Waals surface area contributed by atoms with Crippen LogP contribution in [0.15, 0.2) is 206 Å². The van der Waals surface area contributed by atoms with Gasteiger partial charge in [0.25, 0.3) is 0 Å². The molecule has 2 heterocycles. The molecule has 0 bridgehead atoms. The van der Waals surface area contributed by atoms with Crippen LogP contribution in [0.2, 0.25) is 0 Å². The number of aromatic nitrogens is 2. The Hall–Kier alpha value is -8.53. The Bertz CT molecular complexity index is 3930. The molecule has 0 saturated heterocycles. The molecule has 3 nitrogen and oxygen atoms in total. The van der Waals surface area contributed by atoms with Gasteiger partial charge in [0.15, 0.2) is 5.78 Å². The molecule has 0 spiro atoms. The van der Waals surface area contributed by atoms with Gasteiger partial charge in [-0.3, -0.25) is 4.79 Å². The van der Waals surface area contributed by atoms with Crippen LogP contribution in [0.25, 0.3) is 91.3 Å². The van der Waals surface area contributed by atoms with E-state index in [9.17, 15) is 4.79 Å². The van der Waals surface area contributed by atoms with Crippen LogP contribution >= 0.6 is 0 Å². The maximum Gasteiger partial charge on any atom is 0.193 e. The minimum absolute atomic E-state index is 0.00187. The monoisotopic (exact) mass is 896 g/mol. The lowest BCUT2D eigenvalue weighted by molar-refractivity contribution is 0.103. The highest BCUT2D eigenvalue weighted by Crippen LogP contribution is 2.52. The van der Waals surface area contributed by atoms with Crippen LogP contribution in [-0.2, 0) is 10.8 Å². The number of hydrogen-bond acceptors (Lipinski definition) is 1. The second-order valence-corrected chi connectivity index (χ2v) is 20.6. The average Bonchev–Trinajstić information content (AvgIpc) is 4.16. The van der Waals surface area contributed by atoms with Crippen molar-refractivity contribution in [3.63, 3.8) is 0 Å². The Morgan fingerprint density at radius 3 is 1.27 bits per heavy atom. The molecule has 332 valence electrons. The third-order valence-corrected chi connectivity index (χ3v) is 15.7. The van der Waals surface area contributed by atoms with Gasteiger partial charge in [-0.15, -0.1) is 0 Å². The number of carbonyl (C=O) groups is 1. The summed E-state index contributed by atoms with van der Waals surface area (Å²) < 4.78 is 4.48. The minimum atomic E-state index is -0.163. The lowest BCUT2D eigenvalue weighted by atomic mass is 9.70. The third-order valence-electron chi connectivity index (χ3n) is 15.7. The van der Waals surface area contributed by atoms with E-state index >= 15 is 0 Å². The van der Waals surface area contributed by atoms with E-state index in [-0.39, 0.29) is 16.6 Å². The lowest BCUT2D eigenvalue weighted by Crippen LogP contribution is -2.31. The summed E-state index contributed by atoms with van der Waals surface area (Å²) in [5.41, 5.74) is 23.1. The molecular weight excluding hydrogens is 849 g/mol. The fraction of sp³-hybridized carbons (Fsp3) is 0.0896. The van der Waals surface area contributed by atoms with Gasteiger partial charge in [-0.05, 0) is 184 Å². The molecule has 6 aliphatic carbocycles. The minimum Gasteiger partial charge on any atom is -0.323 e. The Kier molecular flexibility index (Phi) is 8.53. The van der Waals surface area contributed by atoms with Gasteiger partial charge >= 0.3 is 0 Å². The topological polar surface area (TPSA) is 26.9 Å². The Morgan fingerprint density at radius 1 is 0.400 bits per heavy atom. The number of pyridine rings is 2. The number of ketones is 1. The van der Waals surface area contributed by atoms with E-state index in [0.717, 1.165) is 33.6 Å². The normalized spacial score (nSPS) is 15.5. The third kappa shape index (κ3) is 6.04. The highest BCUT2D eigenvalue weighted by Gasteiger charge is 2.40. The predicted octanol–water partition coefficient (Wildman–Crippen LogP) is 12.7. The Balaban J connectivity index is 0.752. The maximum atomic E-state index is 14.4. The highest BCUT2D eigenvalue weighted by atomic mass is 16.1. The van der Waals surface area contributed by atoms with E-state index in [2.05, 4.69) is 219 Å². The van der Waals surface area contributed by atoms with Crippen LogP contribution in [0.3, 0.4) is 0 Å². The van der Waals surface area contributed by atoms with E-state index in [1.807, 2.05) is 36.4 Å². The Morgan fingerprint density at radius 2 is 0.814 bits per heavy atom. The second kappa shape index (κ2) is 14.7. The van der Waals surface area contributed by atoms with E-state index in [1.165, 1.54) is 87.7 Å². The van der Waals surface area contributed by atoms with Crippen molar-refractivity contribution in [2.24, 2.45) is 0 Å². The summed E-state index contributed by atoms with van der Waals surface area (Å²) in [5, 5.41) is 5.28. The zero-order valence-electron chi connectivity index (χ0n) is 39.6. The van der Waals surface area contributed by atoms with E-state index < -0.39 is 0 Å². The van der Waals surface area contributed by atoms with Crippen LogP contribution in [-0.4, -0.2) is 14.9 Å². The standard InChI is InChI=1S/C67H48N2O/c1-66(2)61-51(31-45-13-5-7-23-57(45)61)35-53-33-47-25-27-68(39-59(47)63(53)66)55-21-11-17-43(37-55)41-15-9-19-49(29-41)65(70)50-20-10-16-42(30-50)44-18-12-22-56(38-44)69-28-26-48-34-54-36-52-32-46-14-6-8-24-58(46)62(52)67(3,4)64(54)60(48)40-69/h5-40H,1-4H3. The van der Waals surface area contributed by atoms with Crippen LogP contribution in [0.4, 0.5) is 0 Å². The van der Waals surface area contributed by atoms with Gasteiger partial charge in [-0.1, -0.05) is 137 Å². The van der Waals surface area contributed by atoms with E-state index in [4.69, 9.17) is 0 Å². The van der Waals surface area contributed by atoms with Crippen molar-refractivity contribution in [3.8, 4) is 55.9 Å². The van der Waals surface area contributed by atoms with Crippen molar-refractivity contribution in [3.05, 3.63) is 260 Å². The smallest absolute Gasteiger partial charge is 0.193 e. The zero-order chi connectivity index (χ0) is 47.0. The molecule has 0 fully saturated rings. The molecule has 8 aliphatic rings. The molecule has 70 heavy (non-hydrogen) atoms.